The lowest BCUT2D eigenvalue weighted by Gasteiger charge is -2.19. The van der Waals surface area contributed by atoms with Crippen LogP contribution in [0.4, 0.5) is 4.79 Å². The molecular formula is C27H25Cl2N3O4. The minimum Gasteiger partial charge on any atom is -0.443 e. The number of benzene rings is 2. The van der Waals surface area contributed by atoms with Gasteiger partial charge in [-0.25, -0.2) is 4.79 Å². The summed E-state index contributed by atoms with van der Waals surface area (Å²) in [5.41, 5.74) is 0.178. The molecule has 2 aromatic carbocycles. The normalized spacial score (nSPS) is 13.0. The molecule has 0 bridgehead atoms. The summed E-state index contributed by atoms with van der Waals surface area (Å²) < 4.78 is 9.48. The van der Waals surface area contributed by atoms with Crippen molar-refractivity contribution in [3.63, 3.8) is 0 Å². The molecule has 2 heterocycles. The van der Waals surface area contributed by atoms with Gasteiger partial charge in [0.05, 0.1) is 5.52 Å². The van der Waals surface area contributed by atoms with E-state index in [9.17, 15) is 14.4 Å². The zero-order valence-corrected chi connectivity index (χ0v) is 22.0. The van der Waals surface area contributed by atoms with Gasteiger partial charge in [-0.1, -0.05) is 47.5 Å². The van der Waals surface area contributed by atoms with Crippen LogP contribution in [-0.2, 0) is 18.8 Å². The van der Waals surface area contributed by atoms with Gasteiger partial charge in [-0.2, -0.15) is 0 Å². The van der Waals surface area contributed by atoms with Gasteiger partial charge >= 0.3 is 6.09 Å². The number of para-hydroxylation sites is 1. The van der Waals surface area contributed by atoms with Crippen molar-refractivity contribution in [2.24, 2.45) is 14.1 Å². The number of nitrogens with zero attached hydrogens (tertiary/aromatic N) is 3. The second-order valence-corrected chi connectivity index (χ2v) is 10.2. The topological polar surface area (TPSA) is 75.2 Å². The van der Waals surface area contributed by atoms with E-state index >= 15 is 0 Å². The number of halogens is 2. The van der Waals surface area contributed by atoms with Crippen LogP contribution in [-0.4, -0.2) is 25.4 Å². The Kier molecular flexibility index (Phi) is 6.73. The number of hydrogen-bond acceptors (Lipinski definition) is 4. The third kappa shape index (κ3) is 4.76. The van der Waals surface area contributed by atoms with Crippen molar-refractivity contribution in [1.82, 2.24) is 13.7 Å². The zero-order chi connectivity index (χ0) is 26.4. The summed E-state index contributed by atoms with van der Waals surface area (Å²) in [6.45, 7) is 5.37. The molecule has 0 spiro atoms. The molecule has 0 fully saturated rings. The minimum absolute atomic E-state index is 0.130. The smallest absolute Gasteiger partial charge is 0.419 e. The first kappa shape index (κ1) is 25.5. The number of fused-ring (bicyclic) bond motifs is 1. The molecule has 0 atom stereocenters. The van der Waals surface area contributed by atoms with E-state index in [0.29, 0.717) is 26.7 Å². The first-order valence-corrected chi connectivity index (χ1v) is 11.9. The van der Waals surface area contributed by atoms with Crippen LogP contribution in [0.15, 0.2) is 58.3 Å². The van der Waals surface area contributed by atoms with Crippen LogP contribution in [0.1, 0.15) is 31.9 Å². The Labute approximate surface area is 217 Å². The summed E-state index contributed by atoms with van der Waals surface area (Å²) in [5.74, 6) is 0. The average Bonchev–Trinajstić information content (AvgIpc) is 3.17. The predicted octanol–water partition coefficient (Wildman–Crippen LogP) is 3.79. The van der Waals surface area contributed by atoms with Gasteiger partial charge in [-0.15, -0.1) is 0 Å². The van der Waals surface area contributed by atoms with E-state index in [-0.39, 0.29) is 10.7 Å². The van der Waals surface area contributed by atoms with Crippen molar-refractivity contribution < 1.29 is 9.53 Å². The highest BCUT2D eigenvalue weighted by Crippen LogP contribution is 2.25. The van der Waals surface area contributed by atoms with E-state index in [1.807, 2.05) is 18.2 Å². The SMILES string of the molecule is Cn1c(=O)c(=Cc2cn(C(=O)OC(C)(C)C)c3ccccc23)n(C)c(=O)c1=Cc1c(Cl)cccc1Cl. The maximum atomic E-state index is 13.4. The van der Waals surface area contributed by atoms with Gasteiger partial charge in [0.15, 0.2) is 0 Å². The van der Waals surface area contributed by atoms with Gasteiger partial charge in [0, 0.05) is 46.9 Å². The monoisotopic (exact) mass is 525 g/mol. The Morgan fingerprint density at radius 3 is 2.00 bits per heavy atom. The van der Waals surface area contributed by atoms with E-state index < -0.39 is 22.8 Å². The second-order valence-electron chi connectivity index (χ2n) is 9.37. The maximum Gasteiger partial charge on any atom is 0.419 e. The largest absolute Gasteiger partial charge is 0.443 e. The number of rotatable bonds is 2. The first-order chi connectivity index (χ1) is 16.9. The molecule has 0 aliphatic rings. The molecular weight excluding hydrogens is 501 g/mol. The predicted molar refractivity (Wildman–Crippen MR) is 143 cm³/mol. The lowest BCUT2D eigenvalue weighted by Crippen LogP contribution is -2.56. The second kappa shape index (κ2) is 9.48. The van der Waals surface area contributed by atoms with Crippen molar-refractivity contribution in [3.8, 4) is 0 Å². The summed E-state index contributed by atoms with van der Waals surface area (Å²) in [6.07, 6.45) is 4.17. The fourth-order valence-electron chi connectivity index (χ4n) is 3.88. The fourth-order valence-corrected chi connectivity index (χ4v) is 4.39. The summed E-state index contributed by atoms with van der Waals surface area (Å²) in [6, 6.07) is 12.3. The molecule has 7 nitrogen and oxygen atoms in total. The quantitative estimate of drug-likeness (QED) is 0.399. The number of hydrogen-bond donors (Lipinski definition) is 0. The molecule has 0 saturated heterocycles. The van der Waals surface area contributed by atoms with Crippen molar-refractivity contribution in [3.05, 3.63) is 101 Å². The molecule has 9 heteroatoms. The van der Waals surface area contributed by atoms with Crippen molar-refractivity contribution in [1.29, 1.82) is 0 Å². The van der Waals surface area contributed by atoms with Crippen molar-refractivity contribution in [2.45, 2.75) is 26.4 Å². The third-order valence-electron chi connectivity index (χ3n) is 5.68. The van der Waals surface area contributed by atoms with Crippen LogP contribution in [0.25, 0.3) is 23.1 Å². The van der Waals surface area contributed by atoms with Gasteiger partial charge in [0.1, 0.15) is 16.3 Å². The minimum atomic E-state index is -0.678. The van der Waals surface area contributed by atoms with Gasteiger partial charge in [0.2, 0.25) is 0 Å². The Hall–Kier alpha value is -3.55. The average molecular weight is 526 g/mol. The van der Waals surface area contributed by atoms with E-state index in [1.54, 1.807) is 57.3 Å². The molecule has 36 heavy (non-hydrogen) atoms. The van der Waals surface area contributed by atoms with Crippen LogP contribution in [0.3, 0.4) is 0 Å². The fraction of sp³-hybridized carbons (Fsp3) is 0.222. The highest BCUT2D eigenvalue weighted by atomic mass is 35.5. The standard InChI is InChI=1S/C27H25Cl2N3O4/c1-27(2,3)36-26(35)32-15-16(17-9-6-7-12-21(17)32)13-22-24(33)31(5)23(25(34)30(22)4)14-18-19(28)10-8-11-20(18)29/h6-15H,1-5H3. The van der Waals surface area contributed by atoms with Crippen LogP contribution in [0.2, 0.25) is 10.0 Å². The summed E-state index contributed by atoms with van der Waals surface area (Å²) >= 11 is 12.5. The zero-order valence-electron chi connectivity index (χ0n) is 20.5. The van der Waals surface area contributed by atoms with Crippen LogP contribution in [0.5, 0.6) is 0 Å². The molecule has 0 aliphatic carbocycles. The summed E-state index contributed by atoms with van der Waals surface area (Å²) in [4.78, 5) is 39.5. The van der Waals surface area contributed by atoms with E-state index in [0.717, 1.165) is 5.39 Å². The van der Waals surface area contributed by atoms with Crippen LogP contribution < -0.4 is 21.8 Å². The molecule has 0 radical (unpaired) electrons. The van der Waals surface area contributed by atoms with Crippen molar-refractivity contribution >= 4 is 52.4 Å². The van der Waals surface area contributed by atoms with Crippen LogP contribution in [0, 0.1) is 0 Å². The number of carbonyl (C=O) groups is 1. The molecule has 0 saturated carbocycles. The van der Waals surface area contributed by atoms with Gasteiger partial charge in [-0.3, -0.25) is 14.2 Å². The molecule has 0 unspecified atom stereocenters. The van der Waals surface area contributed by atoms with Gasteiger partial charge in [-0.05, 0) is 51.1 Å². The highest BCUT2D eigenvalue weighted by Gasteiger charge is 2.20. The Balaban J connectivity index is 1.97. The molecule has 4 aromatic rings. The highest BCUT2D eigenvalue weighted by molar-refractivity contribution is 6.37. The van der Waals surface area contributed by atoms with Crippen LogP contribution >= 0.6 is 23.2 Å². The maximum absolute atomic E-state index is 13.4. The van der Waals surface area contributed by atoms with Gasteiger partial charge < -0.3 is 13.9 Å². The first-order valence-electron chi connectivity index (χ1n) is 11.2. The molecule has 4 rings (SSSR count). The molecule has 2 aromatic heterocycles. The summed E-state index contributed by atoms with van der Waals surface area (Å²) in [5, 5.41) is 1.74. The van der Waals surface area contributed by atoms with E-state index in [2.05, 4.69) is 0 Å². The van der Waals surface area contributed by atoms with Crippen molar-refractivity contribution in [2.75, 3.05) is 0 Å². The van der Waals surface area contributed by atoms with E-state index in [1.165, 1.54) is 33.9 Å². The lowest BCUT2D eigenvalue weighted by atomic mass is 10.1. The summed E-state index contributed by atoms with van der Waals surface area (Å²) in [7, 11) is 3.04. The Bertz CT molecular complexity index is 1740. The molecule has 186 valence electrons. The molecule has 0 aliphatic heterocycles. The van der Waals surface area contributed by atoms with Gasteiger partial charge in [0.25, 0.3) is 11.1 Å². The Morgan fingerprint density at radius 2 is 1.42 bits per heavy atom. The lowest BCUT2D eigenvalue weighted by molar-refractivity contribution is 0.0544. The van der Waals surface area contributed by atoms with E-state index in [4.69, 9.17) is 27.9 Å². The number of ether oxygens (including phenoxy) is 1. The molecule has 0 amide bonds. The number of carbonyl (C=O) groups excluding carboxylic acids is 1. The molecule has 0 N–H and O–H groups in total. The Morgan fingerprint density at radius 1 is 0.861 bits per heavy atom. The number of aromatic nitrogens is 3. The third-order valence-corrected chi connectivity index (χ3v) is 6.34.